The number of hydrogen-bond donors (Lipinski definition) is 0. The highest BCUT2D eigenvalue weighted by Gasteiger charge is 2.19. The summed E-state index contributed by atoms with van der Waals surface area (Å²) in [5.74, 6) is 0. The lowest BCUT2D eigenvalue weighted by Crippen LogP contribution is -2.14. The number of aliphatic imine (C=N–C) groups is 1. The number of rotatable bonds is 9. The molecule has 0 radical (unpaired) electrons. The van der Waals surface area contributed by atoms with Gasteiger partial charge in [0.1, 0.15) is 0 Å². The molecule has 0 bridgehead atoms. The molecular formula is C35H38NPS. The SMILES string of the molecule is C/C=C\c1c(CC)sc(C)c1N=C(C)/C=C\C(=C/C)c1cccc(P(C2=CC=CCC2)c2ccccc2)c1. The summed E-state index contributed by atoms with van der Waals surface area (Å²) in [6.07, 6.45) is 21.0. The van der Waals surface area contributed by atoms with Gasteiger partial charge in [-0.1, -0.05) is 98.0 Å². The molecule has 2 aromatic carbocycles. The molecule has 0 N–H and O–H groups in total. The maximum atomic E-state index is 5.04. The summed E-state index contributed by atoms with van der Waals surface area (Å²) < 4.78 is 0. The molecule has 0 aliphatic heterocycles. The zero-order valence-corrected chi connectivity index (χ0v) is 24.9. The van der Waals surface area contributed by atoms with Crippen molar-refractivity contribution in [3.63, 3.8) is 0 Å². The van der Waals surface area contributed by atoms with Crippen LogP contribution in [0.4, 0.5) is 5.69 Å². The quantitative estimate of drug-likeness (QED) is 0.147. The maximum absolute atomic E-state index is 5.04. The molecule has 1 aliphatic rings. The zero-order valence-electron chi connectivity index (χ0n) is 23.2. The lowest BCUT2D eigenvalue weighted by Gasteiger charge is -2.24. The van der Waals surface area contributed by atoms with E-state index in [2.05, 4.69) is 138 Å². The average molecular weight is 536 g/mol. The first-order chi connectivity index (χ1) is 18.5. The molecule has 0 spiro atoms. The molecule has 1 heterocycles. The van der Waals surface area contributed by atoms with E-state index in [1.165, 1.54) is 37.1 Å². The normalized spacial score (nSPS) is 15.4. The molecule has 1 unspecified atom stereocenters. The Balaban J connectivity index is 1.65. The van der Waals surface area contributed by atoms with Gasteiger partial charge in [-0.25, -0.2) is 0 Å². The first-order valence-electron chi connectivity index (χ1n) is 13.5. The summed E-state index contributed by atoms with van der Waals surface area (Å²) in [6.45, 7) is 10.7. The van der Waals surface area contributed by atoms with Crippen LogP contribution in [-0.4, -0.2) is 5.71 Å². The fourth-order valence-electron chi connectivity index (χ4n) is 4.79. The van der Waals surface area contributed by atoms with Gasteiger partial charge >= 0.3 is 0 Å². The molecule has 0 amide bonds. The Kier molecular flexibility index (Phi) is 10.0. The van der Waals surface area contributed by atoms with Gasteiger partial charge in [-0.05, 0) is 94.1 Å². The molecule has 38 heavy (non-hydrogen) atoms. The van der Waals surface area contributed by atoms with Gasteiger partial charge in [-0.3, -0.25) is 4.99 Å². The highest BCUT2D eigenvalue weighted by Crippen LogP contribution is 2.46. The summed E-state index contributed by atoms with van der Waals surface area (Å²) in [5.41, 5.74) is 5.86. The van der Waals surface area contributed by atoms with Crippen LogP contribution in [0.1, 0.15) is 61.4 Å². The minimum Gasteiger partial charge on any atom is -0.252 e. The first kappa shape index (κ1) is 28.0. The van der Waals surface area contributed by atoms with Crippen LogP contribution in [0.5, 0.6) is 0 Å². The molecule has 1 atom stereocenters. The summed E-state index contributed by atoms with van der Waals surface area (Å²) in [4.78, 5) is 7.73. The van der Waals surface area contributed by atoms with Gasteiger partial charge in [0, 0.05) is 21.0 Å². The Hall–Kier alpha value is -3.06. The van der Waals surface area contributed by atoms with E-state index in [1.54, 1.807) is 5.31 Å². The molecule has 0 saturated heterocycles. The van der Waals surface area contributed by atoms with Gasteiger partial charge < -0.3 is 0 Å². The van der Waals surface area contributed by atoms with Crippen LogP contribution in [0.25, 0.3) is 11.6 Å². The molecule has 4 rings (SSSR count). The second kappa shape index (κ2) is 13.7. The van der Waals surface area contributed by atoms with E-state index < -0.39 is 7.92 Å². The molecule has 194 valence electrons. The number of allylic oxidation sites excluding steroid dienone is 9. The molecule has 1 aliphatic carbocycles. The highest BCUT2D eigenvalue weighted by molar-refractivity contribution is 7.76. The van der Waals surface area contributed by atoms with E-state index in [4.69, 9.17) is 4.99 Å². The Labute approximate surface area is 234 Å². The van der Waals surface area contributed by atoms with Crippen molar-refractivity contribution in [2.24, 2.45) is 4.99 Å². The fraction of sp³-hybridized carbons (Fsp3) is 0.229. The number of aryl methyl sites for hydroxylation is 2. The molecule has 1 nitrogen and oxygen atoms in total. The van der Waals surface area contributed by atoms with Gasteiger partial charge in [0.05, 0.1) is 5.69 Å². The summed E-state index contributed by atoms with van der Waals surface area (Å²) in [7, 11) is -0.551. The molecule has 0 fully saturated rings. The average Bonchev–Trinajstić information content (AvgIpc) is 3.24. The predicted molar refractivity (Wildman–Crippen MR) is 174 cm³/mol. The van der Waals surface area contributed by atoms with Gasteiger partial charge in [-0.2, -0.15) is 0 Å². The predicted octanol–water partition coefficient (Wildman–Crippen LogP) is 10.1. The summed E-state index contributed by atoms with van der Waals surface area (Å²) >= 11 is 1.86. The van der Waals surface area contributed by atoms with E-state index >= 15 is 0 Å². The number of hydrogen-bond acceptors (Lipinski definition) is 2. The van der Waals surface area contributed by atoms with Crippen molar-refractivity contribution in [1.82, 2.24) is 0 Å². The van der Waals surface area contributed by atoms with Gasteiger partial charge in [0.15, 0.2) is 0 Å². The Morgan fingerprint density at radius 2 is 1.82 bits per heavy atom. The van der Waals surface area contributed by atoms with E-state index in [9.17, 15) is 0 Å². The largest absolute Gasteiger partial charge is 0.252 e. The van der Waals surface area contributed by atoms with Crippen LogP contribution in [0.2, 0.25) is 0 Å². The lowest BCUT2D eigenvalue weighted by molar-refractivity contribution is 1.02. The third-order valence-electron chi connectivity index (χ3n) is 6.65. The van der Waals surface area contributed by atoms with Gasteiger partial charge in [0.25, 0.3) is 0 Å². The Bertz CT molecular complexity index is 1430. The van der Waals surface area contributed by atoms with Crippen LogP contribution < -0.4 is 10.6 Å². The van der Waals surface area contributed by atoms with Crippen molar-refractivity contribution >= 4 is 52.9 Å². The zero-order chi connectivity index (χ0) is 26.9. The summed E-state index contributed by atoms with van der Waals surface area (Å²) in [5, 5.41) is 4.36. The number of benzene rings is 2. The lowest BCUT2D eigenvalue weighted by atomic mass is 10.0. The van der Waals surface area contributed by atoms with Crippen LogP contribution in [0.15, 0.2) is 107 Å². The van der Waals surface area contributed by atoms with Crippen LogP contribution in [0.3, 0.4) is 0 Å². The van der Waals surface area contributed by atoms with Crippen molar-refractivity contribution < 1.29 is 0 Å². The number of thiophene rings is 1. The Morgan fingerprint density at radius 3 is 2.50 bits per heavy atom. The minimum absolute atomic E-state index is 0.551. The minimum atomic E-state index is -0.551. The second-order valence-electron chi connectivity index (χ2n) is 9.37. The smallest absolute Gasteiger partial charge is 0.0844 e. The van der Waals surface area contributed by atoms with Crippen LogP contribution in [0, 0.1) is 6.92 Å². The molecular weight excluding hydrogens is 497 g/mol. The van der Waals surface area contributed by atoms with Crippen molar-refractivity contribution in [1.29, 1.82) is 0 Å². The number of nitrogens with zero attached hydrogens (tertiary/aromatic N) is 1. The van der Waals surface area contributed by atoms with E-state index in [0.717, 1.165) is 30.7 Å². The van der Waals surface area contributed by atoms with Crippen molar-refractivity contribution in [3.05, 3.63) is 123 Å². The van der Waals surface area contributed by atoms with E-state index in [0.29, 0.717) is 0 Å². The fourth-order valence-corrected chi connectivity index (χ4v) is 8.36. The third-order valence-corrected chi connectivity index (χ3v) is 10.5. The molecule has 3 aromatic rings. The van der Waals surface area contributed by atoms with Gasteiger partial charge in [0.2, 0.25) is 0 Å². The maximum Gasteiger partial charge on any atom is 0.0844 e. The Morgan fingerprint density at radius 1 is 1.03 bits per heavy atom. The van der Waals surface area contributed by atoms with Gasteiger partial charge in [-0.15, -0.1) is 11.3 Å². The standard InChI is InChI=1S/C35H38NPS/c1-6-16-33-34(8-3)38-27(5)35(33)36-26(4)23-24-28(7-2)29-17-15-22-32(25-29)37(30-18-11-9-12-19-30)31-20-13-10-14-21-31/h6-7,9-13,15-20,22-25H,8,14,21H2,1-5H3/b16-6-,24-23-,28-7+,36-26?. The van der Waals surface area contributed by atoms with Crippen molar-refractivity contribution in [3.8, 4) is 0 Å². The highest BCUT2D eigenvalue weighted by atomic mass is 32.1. The van der Waals surface area contributed by atoms with Crippen molar-refractivity contribution in [2.75, 3.05) is 0 Å². The first-order valence-corrected chi connectivity index (χ1v) is 15.7. The van der Waals surface area contributed by atoms with Crippen LogP contribution in [-0.2, 0) is 6.42 Å². The monoisotopic (exact) mass is 535 g/mol. The van der Waals surface area contributed by atoms with Crippen LogP contribution >= 0.6 is 19.3 Å². The van der Waals surface area contributed by atoms with Crippen molar-refractivity contribution in [2.45, 2.75) is 53.9 Å². The van der Waals surface area contributed by atoms with E-state index in [1.807, 2.05) is 11.3 Å². The second-order valence-corrected chi connectivity index (χ2v) is 13.0. The molecule has 1 aromatic heterocycles. The molecule has 3 heteroatoms. The summed E-state index contributed by atoms with van der Waals surface area (Å²) in [6, 6.07) is 20.1. The van der Waals surface area contributed by atoms with E-state index in [-0.39, 0.29) is 0 Å². The third kappa shape index (κ3) is 6.68. The topological polar surface area (TPSA) is 12.4 Å². The molecule has 0 saturated carbocycles.